The van der Waals surface area contributed by atoms with Crippen molar-refractivity contribution in [2.24, 2.45) is 4.99 Å². The predicted molar refractivity (Wildman–Crippen MR) is 126 cm³/mol. The van der Waals surface area contributed by atoms with Crippen molar-refractivity contribution in [3.8, 4) is 5.69 Å². The molecule has 1 aliphatic heterocycles. The van der Waals surface area contributed by atoms with Gasteiger partial charge in [-0.1, -0.05) is 43.9 Å². The average Bonchev–Trinajstić information content (AvgIpc) is 3.10. The summed E-state index contributed by atoms with van der Waals surface area (Å²) in [5.41, 5.74) is 2.68. The van der Waals surface area contributed by atoms with E-state index in [1.54, 1.807) is 12.1 Å². The maximum Gasteiger partial charge on any atom is 0.169 e. The number of hydrogen-bond acceptors (Lipinski definition) is 3. The highest BCUT2D eigenvalue weighted by atomic mass is 32.4. The minimum atomic E-state index is -2.38. The highest BCUT2D eigenvalue weighted by molar-refractivity contribution is 8.16. The van der Waals surface area contributed by atoms with Gasteiger partial charge in [0.2, 0.25) is 0 Å². The molecule has 1 aliphatic rings. The van der Waals surface area contributed by atoms with E-state index in [-0.39, 0.29) is 5.82 Å². The molecule has 0 N–H and O–H groups in total. The largest absolute Gasteiger partial charge is 0.316 e. The number of halogens is 1. The van der Waals surface area contributed by atoms with Crippen molar-refractivity contribution in [2.45, 2.75) is 20.8 Å². The fourth-order valence-corrected chi connectivity index (χ4v) is 8.52. The van der Waals surface area contributed by atoms with E-state index >= 15 is 0 Å². The van der Waals surface area contributed by atoms with Crippen LogP contribution in [0.4, 0.5) is 10.2 Å². The number of rotatable bonds is 5. The number of aliphatic imine (C=N–C) groups is 1. The van der Waals surface area contributed by atoms with E-state index in [1.807, 2.05) is 49.0 Å². The number of amidine groups is 1. The third-order valence-corrected chi connectivity index (χ3v) is 10.9. The second-order valence-corrected chi connectivity index (χ2v) is 11.4. The molecule has 0 bridgehead atoms. The number of para-hydroxylation sites is 1. The maximum atomic E-state index is 13.6. The number of benzene rings is 2. The molecular formula is C22H25FN5PS. The molecule has 30 heavy (non-hydrogen) atoms. The lowest BCUT2D eigenvalue weighted by Crippen LogP contribution is -2.41. The van der Waals surface area contributed by atoms with Gasteiger partial charge in [0.05, 0.1) is 16.7 Å². The molecule has 2 aromatic carbocycles. The van der Waals surface area contributed by atoms with Gasteiger partial charge >= 0.3 is 0 Å². The first-order valence-electron chi connectivity index (χ1n) is 10.0. The Balaban J connectivity index is 2.03. The molecule has 0 fully saturated rings. The lowest BCUT2D eigenvalue weighted by Gasteiger charge is -2.43. The van der Waals surface area contributed by atoms with Gasteiger partial charge in [0.1, 0.15) is 18.0 Å². The second-order valence-electron chi connectivity index (χ2n) is 7.15. The van der Waals surface area contributed by atoms with Crippen LogP contribution in [0.3, 0.4) is 0 Å². The van der Waals surface area contributed by atoms with Crippen LogP contribution in [-0.4, -0.2) is 45.1 Å². The number of aromatic nitrogens is 2. The summed E-state index contributed by atoms with van der Waals surface area (Å²) < 4.78 is 19.9. The molecule has 0 radical (unpaired) electrons. The Morgan fingerprint density at radius 1 is 1.03 bits per heavy atom. The van der Waals surface area contributed by atoms with Crippen LogP contribution in [-0.2, 0) is 11.8 Å². The zero-order chi connectivity index (χ0) is 21.5. The van der Waals surface area contributed by atoms with Crippen molar-refractivity contribution >= 4 is 35.1 Å². The van der Waals surface area contributed by atoms with Crippen LogP contribution in [0.2, 0.25) is 0 Å². The summed E-state index contributed by atoms with van der Waals surface area (Å²) >= 11 is 6.46. The van der Waals surface area contributed by atoms with Crippen LogP contribution in [0.5, 0.6) is 0 Å². The van der Waals surface area contributed by atoms with Crippen molar-refractivity contribution < 1.29 is 4.39 Å². The fourth-order valence-electron chi connectivity index (χ4n) is 3.94. The molecule has 156 valence electrons. The predicted octanol–water partition coefficient (Wildman–Crippen LogP) is 4.62. The van der Waals surface area contributed by atoms with E-state index in [4.69, 9.17) is 21.9 Å². The molecule has 8 heteroatoms. The van der Waals surface area contributed by atoms with Crippen LogP contribution in [0.15, 0.2) is 59.6 Å². The smallest absolute Gasteiger partial charge is 0.169 e. The van der Waals surface area contributed by atoms with E-state index in [0.717, 1.165) is 47.0 Å². The van der Waals surface area contributed by atoms with Crippen LogP contribution >= 0.6 is 6.34 Å². The SMILES string of the molecule is CCN(CC)P1(=S)c2c(C)nn(-c3ccccc3)c2N=C(c2ccc(F)cc2)N1C. The molecule has 0 aliphatic carbocycles. The Bertz CT molecular complexity index is 1140. The van der Waals surface area contributed by atoms with Gasteiger partial charge in [-0.05, 0) is 43.3 Å². The lowest BCUT2D eigenvalue weighted by atomic mass is 10.2. The van der Waals surface area contributed by atoms with Crippen molar-refractivity contribution in [1.82, 2.24) is 19.1 Å². The van der Waals surface area contributed by atoms with Crippen molar-refractivity contribution in [1.29, 1.82) is 0 Å². The summed E-state index contributed by atoms with van der Waals surface area (Å²) in [7, 11) is 2.00. The molecule has 0 saturated carbocycles. The summed E-state index contributed by atoms with van der Waals surface area (Å²) in [6.45, 7) is 7.92. The van der Waals surface area contributed by atoms with Crippen LogP contribution in [0.1, 0.15) is 25.1 Å². The molecule has 1 unspecified atom stereocenters. The van der Waals surface area contributed by atoms with Crippen LogP contribution < -0.4 is 5.30 Å². The summed E-state index contributed by atoms with van der Waals surface area (Å²) in [5.74, 6) is 1.24. The van der Waals surface area contributed by atoms with E-state index in [9.17, 15) is 4.39 Å². The van der Waals surface area contributed by atoms with Crippen molar-refractivity contribution in [3.05, 3.63) is 71.7 Å². The Morgan fingerprint density at radius 3 is 2.27 bits per heavy atom. The van der Waals surface area contributed by atoms with Crippen molar-refractivity contribution in [2.75, 3.05) is 20.1 Å². The number of nitrogens with zero attached hydrogens (tertiary/aromatic N) is 5. The average molecular weight is 442 g/mol. The van der Waals surface area contributed by atoms with Gasteiger partial charge < -0.3 is 4.67 Å². The normalized spacial score (nSPS) is 18.5. The van der Waals surface area contributed by atoms with Gasteiger partial charge in [-0.3, -0.25) is 4.67 Å². The Kier molecular flexibility index (Phi) is 5.62. The van der Waals surface area contributed by atoms with E-state index in [0.29, 0.717) is 0 Å². The molecule has 2 heterocycles. The van der Waals surface area contributed by atoms with Crippen LogP contribution in [0.25, 0.3) is 5.69 Å². The zero-order valence-corrected chi connectivity index (χ0v) is 19.3. The molecule has 3 aromatic rings. The molecule has 1 atom stereocenters. The van der Waals surface area contributed by atoms with Gasteiger partial charge in [-0.25, -0.2) is 14.1 Å². The van der Waals surface area contributed by atoms with E-state index in [1.165, 1.54) is 12.1 Å². The lowest BCUT2D eigenvalue weighted by molar-refractivity contribution is 0.487. The summed E-state index contributed by atoms with van der Waals surface area (Å²) in [6, 6.07) is 16.4. The third kappa shape index (κ3) is 3.22. The Hall–Kier alpha value is -2.34. The standard InChI is InChI=1S/C22H25FN5PS/c1-5-27(6-2)29(30)20-16(3)25-28(19-10-8-7-9-11-19)22(20)24-21(26(29)4)17-12-14-18(23)15-13-17/h7-15H,5-6H2,1-4H3. The van der Waals surface area contributed by atoms with Gasteiger partial charge in [0.25, 0.3) is 0 Å². The van der Waals surface area contributed by atoms with E-state index in [2.05, 4.69) is 23.2 Å². The number of hydrogen-bond donors (Lipinski definition) is 0. The summed E-state index contributed by atoms with van der Waals surface area (Å²) in [4.78, 5) is 5.02. The van der Waals surface area contributed by atoms with Crippen LogP contribution in [0, 0.1) is 12.7 Å². The topological polar surface area (TPSA) is 36.7 Å². The van der Waals surface area contributed by atoms with Gasteiger partial charge in [0, 0.05) is 25.7 Å². The third-order valence-electron chi connectivity index (χ3n) is 5.44. The first-order valence-corrected chi connectivity index (χ1v) is 12.7. The fraction of sp³-hybridized carbons (Fsp3) is 0.273. The first-order chi connectivity index (χ1) is 14.4. The minimum absolute atomic E-state index is 0.271. The molecule has 4 rings (SSSR count). The van der Waals surface area contributed by atoms with Gasteiger partial charge in [-0.15, -0.1) is 0 Å². The molecule has 0 spiro atoms. The Morgan fingerprint density at radius 2 is 1.67 bits per heavy atom. The zero-order valence-electron chi connectivity index (χ0n) is 17.6. The second kappa shape index (κ2) is 8.06. The number of fused-ring (bicyclic) bond motifs is 1. The highest BCUT2D eigenvalue weighted by Crippen LogP contribution is 2.57. The number of aryl methyl sites for hydroxylation is 1. The minimum Gasteiger partial charge on any atom is -0.316 e. The molecule has 5 nitrogen and oxygen atoms in total. The van der Waals surface area contributed by atoms with Crippen molar-refractivity contribution in [3.63, 3.8) is 0 Å². The summed E-state index contributed by atoms with van der Waals surface area (Å²) in [5, 5.41) is 5.87. The molecule has 1 aromatic heterocycles. The van der Waals surface area contributed by atoms with Gasteiger partial charge in [0.15, 0.2) is 5.82 Å². The first kappa shape index (κ1) is 20.9. The molecule has 0 amide bonds. The monoisotopic (exact) mass is 441 g/mol. The van der Waals surface area contributed by atoms with E-state index < -0.39 is 6.34 Å². The maximum absolute atomic E-state index is 13.6. The Labute approximate surface area is 182 Å². The molecular weight excluding hydrogens is 416 g/mol. The quantitative estimate of drug-likeness (QED) is 0.542. The highest BCUT2D eigenvalue weighted by Gasteiger charge is 2.42. The summed E-state index contributed by atoms with van der Waals surface area (Å²) in [6.07, 6.45) is -2.38. The van der Waals surface area contributed by atoms with Gasteiger partial charge in [-0.2, -0.15) is 5.10 Å². The molecule has 0 saturated heterocycles.